The third kappa shape index (κ3) is 6.11. The second-order valence-electron chi connectivity index (χ2n) is 8.66. The van der Waals surface area contributed by atoms with E-state index in [1.807, 2.05) is 54.6 Å². The Balaban J connectivity index is 0.00000304. The fourth-order valence-corrected chi connectivity index (χ4v) is 4.39. The molecule has 0 radical (unpaired) electrons. The summed E-state index contributed by atoms with van der Waals surface area (Å²) in [5.41, 5.74) is 5.78. The van der Waals surface area contributed by atoms with Gasteiger partial charge in [0.05, 0.1) is 5.52 Å². The first-order chi connectivity index (χ1) is 17.2. The van der Waals surface area contributed by atoms with Crippen molar-refractivity contribution in [2.24, 2.45) is 0 Å². The molecule has 176 valence electrons. The predicted octanol–water partition coefficient (Wildman–Crippen LogP) is 7.22. The van der Waals surface area contributed by atoms with Crippen LogP contribution in [0, 0.1) is 0 Å². The second kappa shape index (κ2) is 11.8. The first-order valence-electron chi connectivity index (χ1n) is 11.9. The van der Waals surface area contributed by atoms with Gasteiger partial charge in [-0.05, 0) is 84.5 Å². The largest absolute Gasteiger partial charge is 0.481 e. The molecule has 0 atom stereocenters. The molecule has 0 aliphatic rings. The maximum atomic E-state index is 11.1. The number of aromatic nitrogens is 1. The smallest absolute Gasteiger partial charge is 0.303 e. The van der Waals surface area contributed by atoms with Gasteiger partial charge in [0.25, 0.3) is 0 Å². The summed E-state index contributed by atoms with van der Waals surface area (Å²) >= 11 is 0. The zero-order valence-electron chi connectivity index (χ0n) is 20.1. The normalized spacial score (nSPS) is 10.7. The van der Waals surface area contributed by atoms with Gasteiger partial charge in [0.2, 0.25) is 0 Å². The maximum absolute atomic E-state index is 11.1. The SMILES string of the molecule is O=C(O)CCc1ccc2c(c1)c(CCc1ccccc1)cn2-c1ccc(Oc2ccccc2)cc1.[Zn]. The number of carboxylic acids is 1. The fraction of sp³-hybridized carbons (Fsp3) is 0.129. The van der Waals surface area contributed by atoms with Crippen molar-refractivity contribution in [3.05, 3.63) is 126 Å². The molecule has 1 N–H and O–H groups in total. The minimum atomic E-state index is -0.773. The third-order valence-electron chi connectivity index (χ3n) is 6.20. The number of rotatable bonds is 9. The van der Waals surface area contributed by atoms with Crippen LogP contribution in [0.3, 0.4) is 0 Å². The van der Waals surface area contributed by atoms with Gasteiger partial charge in [0, 0.05) is 43.2 Å². The summed E-state index contributed by atoms with van der Waals surface area (Å²) < 4.78 is 8.17. The zero-order valence-corrected chi connectivity index (χ0v) is 23.1. The van der Waals surface area contributed by atoms with E-state index in [2.05, 4.69) is 59.3 Å². The van der Waals surface area contributed by atoms with Crippen LogP contribution in [0.5, 0.6) is 11.5 Å². The van der Waals surface area contributed by atoms with Crippen LogP contribution in [0.2, 0.25) is 0 Å². The Morgan fingerprint density at radius 1 is 0.722 bits per heavy atom. The molecule has 1 aromatic heterocycles. The molecule has 4 aromatic carbocycles. The molecule has 36 heavy (non-hydrogen) atoms. The van der Waals surface area contributed by atoms with Crippen molar-refractivity contribution >= 4 is 16.9 Å². The third-order valence-corrected chi connectivity index (χ3v) is 6.20. The molecule has 5 aromatic rings. The summed E-state index contributed by atoms with van der Waals surface area (Å²) in [5.74, 6) is 0.824. The summed E-state index contributed by atoms with van der Waals surface area (Å²) in [7, 11) is 0. The summed E-state index contributed by atoms with van der Waals surface area (Å²) in [5, 5.41) is 10.3. The Hall–Kier alpha value is -3.69. The van der Waals surface area contributed by atoms with E-state index in [1.165, 1.54) is 16.5 Å². The number of hydrogen-bond acceptors (Lipinski definition) is 2. The fourth-order valence-electron chi connectivity index (χ4n) is 4.39. The monoisotopic (exact) mass is 525 g/mol. The van der Waals surface area contributed by atoms with Gasteiger partial charge in [-0.2, -0.15) is 0 Å². The molecular weight excluding hydrogens is 500 g/mol. The Labute approximate surface area is 223 Å². The number of fused-ring (bicyclic) bond motifs is 1. The quantitative estimate of drug-likeness (QED) is 0.206. The van der Waals surface area contributed by atoms with Crippen molar-refractivity contribution < 1.29 is 34.1 Å². The molecular formula is C31H27NO3Zn. The topological polar surface area (TPSA) is 51.5 Å². The molecule has 0 amide bonds. The molecule has 4 nitrogen and oxygen atoms in total. The maximum Gasteiger partial charge on any atom is 0.303 e. The van der Waals surface area contributed by atoms with Gasteiger partial charge >= 0.3 is 5.97 Å². The summed E-state index contributed by atoms with van der Waals surface area (Å²) in [6, 6.07) is 34.6. The number of nitrogens with zero attached hydrogens (tertiary/aromatic N) is 1. The van der Waals surface area contributed by atoms with Crippen LogP contribution in [0.25, 0.3) is 16.6 Å². The van der Waals surface area contributed by atoms with E-state index >= 15 is 0 Å². The molecule has 0 aliphatic carbocycles. The van der Waals surface area contributed by atoms with Gasteiger partial charge in [0.15, 0.2) is 0 Å². The van der Waals surface area contributed by atoms with Crippen LogP contribution in [-0.2, 0) is 43.5 Å². The van der Waals surface area contributed by atoms with Gasteiger partial charge in [0.1, 0.15) is 11.5 Å². The number of benzene rings is 4. The van der Waals surface area contributed by atoms with E-state index in [0.717, 1.165) is 41.1 Å². The molecule has 0 bridgehead atoms. The molecule has 1 heterocycles. The Bertz CT molecular complexity index is 1430. The molecule has 5 heteroatoms. The Morgan fingerprint density at radius 3 is 2.08 bits per heavy atom. The Morgan fingerprint density at radius 2 is 1.39 bits per heavy atom. The van der Waals surface area contributed by atoms with E-state index in [-0.39, 0.29) is 25.9 Å². The number of carboxylic acid groups (broad SMARTS) is 1. The van der Waals surface area contributed by atoms with Crippen molar-refractivity contribution in [3.63, 3.8) is 0 Å². The standard InChI is InChI=1S/C31H27NO3.Zn/c33-31(34)20-13-24-12-19-30-29(21-24)25(14-11-23-7-3-1-4-8-23)22-32(30)26-15-17-28(18-16-26)35-27-9-5-2-6-10-27;/h1-10,12,15-19,21-22H,11,13-14,20H2,(H,33,34);. The molecule has 0 saturated heterocycles. The van der Waals surface area contributed by atoms with Crippen LogP contribution in [0.4, 0.5) is 0 Å². The molecule has 0 saturated carbocycles. The first kappa shape index (κ1) is 25.4. The summed E-state index contributed by atoms with van der Waals surface area (Å²) in [6.45, 7) is 0. The van der Waals surface area contributed by atoms with Crippen LogP contribution in [0.15, 0.2) is 109 Å². The van der Waals surface area contributed by atoms with Crippen molar-refractivity contribution in [2.45, 2.75) is 25.7 Å². The number of aryl methyl sites for hydroxylation is 3. The van der Waals surface area contributed by atoms with Gasteiger partial charge < -0.3 is 14.4 Å². The first-order valence-corrected chi connectivity index (χ1v) is 11.9. The van der Waals surface area contributed by atoms with E-state index in [1.54, 1.807) is 0 Å². The zero-order chi connectivity index (χ0) is 24.0. The van der Waals surface area contributed by atoms with Gasteiger partial charge in [-0.1, -0.05) is 54.6 Å². The molecule has 0 unspecified atom stereocenters. The summed E-state index contributed by atoms with van der Waals surface area (Å²) in [4.78, 5) is 11.1. The number of ether oxygens (including phenoxy) is 1. The van der Waals surface area contributed by atoms with Gasteiger partial charge in [-0.15, -0.1) is 0 Å². The average molecular weight is 527 g/mol. The summed E-state index contributed by atoms with van der Waals surface area (Å²) in [6.07, 6.45) is 4.73. The average Bonchev–Trinajstić information content (AvgIpc) is 3.26. The van der Waals surface area contributed by atoms with Crippen LogP contribution >= 0.6 is 0 Å². The van der Waals surface area contributed by atoms with Crippen molar-refractivity contribution in [3.8, 4) is 17.2 Å². The van der Waals surface area contributed by atoms with Gasteiger partial charge in [-0.3, -0.25) is 4.79 Å². The number of hydrogen-bond donors (Lipinski definition) is 1. The Kier molecular flexibility index (Phi) is 8.35. The van der Waals surface area contributed by atoms with E-state index in [9.17, 15) is 4.79 Å². The molecule has 0 fully saturated rings. The molecule has 5 rings (SSSR count). The van der Waals surface area contributed by atoms with Crippen molar-refractivity contribution in [1.82, 2.24) is 4.57 Å². The van der Waals surface area contributed by atoms with E-state index < -0.39 is 5.97 Å². The molecule has 0 aliphatic heterocycles. The second-order valence-corrected chi connectivity index (χ2v) is 8.66. The van der Waals surface area contributed by atoms with Crippen molar-refractivity contribution in [2.75, 3.05) is 0 Å². The van der Waals surface area contributed by atoms with Crippen LogP contribution in [0.1, 0.15) is 23.1 Å². The minimum Gasteiger partial charge on any atom is -0.481 e. The number of carbonyl (C=O) groups is 1. The van der Waals surface area contributed by atoms with E-state index in [0.29, 0.717) is 6.42 Å². The number of aliphatic carboxylic acids is 1. The van der Waals surface area contributed by atoms with Crippen LogP contribution in [-0.4, -0.2) is 15.6 Å². The minimum absolute atomic E-state index is 0. The van der Waals surface area contributed by atoms with Gasteiger partial charge in [-0.25, -0.2) is 0 Å². The number of para-hydroxylation sites is 1. The predicted molar refractivity (Wildman–Crippen MR) is 140 cm³/mol. The van der Waals surface area contributed by atoms with Crippen molar-refractivity contribution in [1.29, 1.82) is 0 Å². The van der Waals surface area contributed by atoms with E-state index in [4.69, 9.17) is 9.84 Å². The molecule has 0 spiro atoms. The van der Waals surface area contributed by atoms with Crippen LogP contribution < -0.4 is 4.74 Å².